The zero-order chi connectivity index (χ0) is 21.0. The van der Waals surface area contributed by atoms with Crippen LogP contribution in [-0.2, 0) is 14.3 Å². The van der Waals surface area contributed by atoms with E-state index in [1.165, 1.54) is 14.0 Å². The molecular formula is C19H22INO6S. The van der Waals surface area contributed by atoms with Gasteiger partial charge < -0.3 is 14.2 Å². The van der Waals surface area contributed by atoms with E-state index in [1.54, 1.807) is 19.3 Å². The second kappa shape index (κ2) is 9.64. The van der Waals surface area contributed by atoms with Crippen molar-refractivity contribution in [3.63, 3.8) is 0 Å². The molecule has 1 aliphatic rings. The molecular weight excluding hydrogens is 497 g/mol. The van der Waals surface area contributed by atoms with E-state index in [-0.39, 0.29) is 11.0 Å². The molecule has 0 aromatic heterocycles. The number of nitrogens with zero attached hydrogens (tertiary/aromatic N) is 1. The summed E-state index contributed by atoms with van der Waals surface area (Å²) >= 11 is 2.93. The number of halogens is 1. The monoisotopic (exact) mass is 519 g/mol. The topological polar surface area (TPSA) is 82.1 Å². The van der Waals surface area contributed by atoms with E-state index in [1.807, 2.05) is 19.9 Å². The summed E-state index contributed by atoms with van der Waals surface area (Å²) < 4.78 is 16.8. The highest BCUT2D eigenvalue weighted by atomic mass is 127. The van der Waals surface area contributed by atoms with Crippen molar-refractivity contribution in [2.45, 2.75) is 39.3 Å². The number of carbonyl (C=O) groups is 3. The average Bonchev–Trinajstić information content (AvgIpc) is 2.95. The van der Waals surface area contributed by atoms with Crippen molar-refractivity contribution in [3.05, 3.63) is 26.2 Å². The summed E-state index contributed by atoms with van der Waals surface area (Å²) in [4.78, 5) is 37.7. The first-order valence-corrected chi connectivity index (χ1v) is 10.5. The lowest BCUT2D eigenvalue weighted by molar-refractivity contribution is -0.148. The van der Waals surface area contributed by atoms with Crippen molar-refractivity contribution in [2.24, 2.45) is 0 Å². The normalized spacial score (nSPS) is 17.6. The van der Waals surface area contributed by atoms with Crippen LogP contribution in [0.4, 0.5) is 4.79 Å². The number of hydrogen-bond donors (Lipinski definition) is 0. The third kappa shape index (κ3) is 4.80. The van der Waals surface area contributed by atoms with Gasteiger partial charge in [-0.25, -0.2) is 4.79 Å². The Kier molecular flexibility index (Phi) is 7.76. The van der Waals surface area contributed by atoms with E-state index < -0.39 is 23.2 Å². The number of thioether (sulfide) groups is 1. The van der Waals surface area contributed by atoms with Crippen LogP contribution in [0.1, 0.15) is 32.8 Å². The third-order valence-corrected chi connectivity index (χ3v) is 5.88. The summed E-state index contributed by atoms with van der Waals surface area (Å²) in [6.07, 6.45) is 2.49. The molecule has 0 saturated carbocycles. The number of hydrogen-bond acceptors (Lipinski definition) is 7. The Hall–Kier alpha value is -1.75. The van der Waals surface area contributed by atoms with E-state index in [0.29, 0.717) is 17.1 Å². The molecule has 152 valence electrons. The summed E-state index contributed by atoms with van der Waals surface area (Å²) in [5.74, 6) is 0.00995. The number of ether oxygens (including phenoxy) is 3. The number of benzene rings is 1. The Morgan fingerprint density at radius 1 is 1.29 bits per heavy atom. The maximum Gasteiger partial charge on any atom is 0.328 e. The molecule has 0 N–H and O–H groups in total. The van der Waals surface area contributed by atoms with Crippen LogP contribution in [0.5, 0.6) is 11.5 Å². The van der Waals surface area contributed by atoms with Crippen molar-refractivity contribution >= 4 is 57.5 Å². The van der Waals surface area contributed by atoms with Gasteiger partial charge in [-0.1, -0.05) is 6.92 Å². The fourth-order valence-electron chi connectivity index (χ4n) is 2.46. The van der Waals surface area contributed by atoms with Gasteiger partial charge in [-0.05, 0) is 78.4 Å². The molecule has 28 heavy (non-hydrogen) atoms. The number of rotatable bonds is 7. The van der Waals surface area contributed by atoms with Gasteiger partial charge in [-0.15, -0.1) is 0 Å². The van der Waals surface area contributed by atoms with Crippen LogP contribution in [0.15, 0.2) is 17.0 Å². The summed E-state index contributed by atoms with van der Waals surface area (Å²) in [7, 11) is 2.76. The van der Waals surface area contributed by atoms with Crippen molar-refractivity contribution in [2.75, 3.05) is 14.2 Å². The van der Waals surface area contributed by atoms with Crippen molar-refractivity contribution < 1.29 is 28.6 Å². The summed E-state index contributed by atoms with van der Waals surface area (Å²) in [5.41, 5.74) is 0.689. The van der Waals surface area contributed by atoms with Gasteiger partial charge in [-0.3, -0.25) is 14.5 Å². The van der Waals surface area contributed by atoms with Gasteiger partial charge in [0.2, 0.25) is 0 Å². The zero-order valence-corrected chi connectivity index (χ0v) is 19.3. The van der Waals surface area contributed by atoms with Crippen LogP contribution in [-0.4, -0.2) is 48.4 Å². The Labute approximate surface area is 181 Å². The van der Waals surface area contributed by atoms with Crippen LogP contribution in [0.3, 0.4) is 0 Å². The standard InChI is InChI=1S/C19H22INO6S/c1-6-10(2)27-16-13(20)7-12(8-14(16)25-4)9-15-17(22)21(19(24)28-15)11(3)18(23)26-5/h7-11H,6H2,1-5H3/b15-9+/t10-,11-/m0/s1. The molecule has 1 aromatic rings. The van der Waals surface area contributed by atoms with Gasteiger partial charge in [0.1, 0.15) is 6.04 Å². The van der Waals surface area contributed by atoms with Crippen molar-refractivity contribution in [1.82, 2.24) is 4.90 Å². The minimum absolute atomic E-state index is 0.0320. The summed E-state index contributed by atoms with van der Waals surface area (Å²) in [5, 5.41) is -0.507. The minimum Gasteiger partial charge on any atom is -0.493 e. The largest absolute Gasteiger partial charge is 0.493 e. The predicted molar refractivity (Wildman–Crippen MR) is 115 cm³/mol. The van der Waals surface area contributed by atoms with Gasteiger partial charge in [0.05, 0.1) is 28.8 Å². The molecule has 0 aliphatic carbocycles. The molecule has 9 heteroatoms. The molecule has 1 aliphatic heterocycles. The van der Waals surface area contributed by atoms with Crippen LogP contribution in [0, 0.1) is 3.57 Å². The molecule has 1 fully saturated rings. The predicted octanol–water partition coefficient (Wildman–Crippen LogP) is 4.07. The quantitative estimate of drug-likeness (QED) is 0.305. The smallest absolute Gasteiger partial charge is 0.328 e. The molecule has 2 amide bonds. The van der Waals surface area contributed by atoms with Crippen molar-refractivity contribution in [3.8, 4) is 11.5 Å². The van der Waals surface area contributed by atoms with Gasteiger partial charge >= 0.3 is 5.97 Å². The molecule has 2 rings (SSSR count). The van der Waals surface area contributed by atoms with E-state index in [4.69, 9.17) is 9.47 Å². The Morgan fingerprint density at radius 2 is 1.96 bits per heavy atom. The van der Waals surface area contributed by atoms with Crippen LogP contribution < -0.4 is 9.47 Å². The number of amides is 2. The lowest BCUT2D eigenvalue weighted by Crippen LogP contribution is -2.42. The second-order valence-corrected chi connectivity index (χ2v) is 8.28. The SMILES string of the molecule is CC[C@H](C)Oc1c(I)cc(/C=C2/SC(=O)N([C@@H](C)C(=O)OC)C2=O)cc1OC. The highest BCUT2D eigenvalue weighted by Crippen LogP contribution is 2.38. The number of imide groups is 1. The molecule has 0 radical (unpaired) electrons. The lowest BCUT2D eigenvalue weighted by Gasteiger charge is -2.18. The highest BCUT2D eigenvalue weighted by Gasteiger charge is 2.41. The first-order chi connectivity index (χ1) is 13.2. The van der Waals surface area contributed by atoms with E-state index in [0.717, 1.165) is 26.7 Å². The first kappa shape index (κ1) is 22.5. The fourth-order valence-corrected chi connectivity index (χ4v) is 4.12. The van der Waals surface area contributed by atoms with Crippen LogP contribution >= 0.6 is 34.4 Å². The lowest BCUT2D eigenvalue weighted by atomic mass is 10.1. The van der Waals surface area contributed by atoms with E-state index >= 15 is 0 Å². The Balaban J connectivity index is 2.35. The summed E-state index contributed by atoms with van der Waals surface area (Å²) in [6.45, 7) is 5.46. The molecule has 1 heterocycles. The molecule has 0 unspecified atom stereocenters. The third-order valence-electron chi connectivity index (χ3n) is 4.20. The van der Waals surface area contributed by atoms with E-state index in [2.05, 4.69) is 27.3 Å². The number of methoxy groups -OCH3 is 2. The van der Waals surface area contributed by atoms with Gasteiger partial charge in [0.25, 0.3) is 11.1 Å². The molecule has 7 nitrogen and oxygen atoms in total. The van der Waals surface area contributed by atoms with Gasteiger partial charge in [0.15, 0.2) is 11.5 Å². The highest BCUT2D eigenvalue weighted by molar-refractivity contribution is 14.1. The molecule has 1 aromatic carbocycles. The van der Waals surface area contributed by atoms with Crippen LogP contribution in [0.2, 0.25) is 0 Å². The summed E-state index contributed by atoms with van der Waals surface area (Å²) in [6, 6.07) is 2.61. The molecule has 0 spiro atoms. The number of esters is 1. The maximum absolute atomic E-state index is 12.6. The Morgan fingerprint density at radius 3 is 2.54 bits per heavy atom. The van der Waals surface area contributed by atoms with E-state index in [9.17, 15) is 14.4 Å². The van der Waals surface area contributed by atoms with Gasteiger partial charge in [0, 0.05) is 0 Å². The molecule has 0 bridgehead atoms. The van der Waals surface area contributed by atoms with Crippen LogP contribution in [0.25, 0.3) is 6.08 Å². The maximum atomic E-state index is 12.6. The Bertz CT molecular complexity index is 825. The second-order valence-electron chi connectivity index (χ2n) is 6.12. The first-order valence-electron chi connectivity index (χ1n) is 8.62. The zero-order valence-electron chi connectivity index (χ0n) is 16.3. The average molecular weight is 519 g/mol. The molecule has 1 saturated heterocycles. The molecule has 2 atom stereocenters. The van der Waals surface area contributed by atoms with Gasteiger partial charge in [-0.2, -0.15) is 0 Å². The van der Waals surface area contributed by atoms with Crippen molar-refractivity contribution in [1.29, 1.82) is 0 Å². The number of carbonyl (C=O) groups excluding carboxylic acids is 3. The minimum atomic E-state index is -0.982. The fraction of sp³-hybridized carbons (Fsp3) is 0.421.